The number of ether oxygens (including phenoxy) is 2. The van der Waals surface area contributed by atoms with Crippen LogP contribution in [0.3, 0.4) is 0 Å². The fraction of sp³-hybridized carbons (Fsp3) is 0.625. The van der Waals surface area contributed by atoms with Crippen LogP contribution in [0.5, 0.6) is 11.5 Å². The first-order valence-corrected chi connectivity index (χ1v) is 7.41. The van der Waals surface area contributed by atoms with E-state index in [9.17, 15) is 10.2 Å². The fourth-order valence-corrected chi connectivity index (χ4v) is 1.91. The zero-order valence-corrected chi connectivity index (χ0v) is 13.1. The van der Waals surface area contributed by atoms with Gasteiger partial charge >= 0.3 is 0 Å². The van der Waals surface area contributed by atoms with Crippen molar-refractivity contribution in [1.82, 2.24) is 5.32 Å². The van der Waals surface area contributed by atoms with Crippen molar-refractivity contribution in [1.29, 1.82) is 0 Å². The minimum atomic E-state index is -0.701. The highest BCUT2D eigenvalue weighted by atomic mass is 16.5. The second kappa shape index (κ2) is 8.87. The van der Waals surface area contributed by atoms with E-state index in [0.717, 1.165) is 5.75 Å². The Morgan fingerprint density at radius 2 is 1.90 bits per heavy atom. The molecule has 0 aromatic heterocycles. The molecule has 5 heteroatoms. The van der Waals surface area contributed by atoms with Crippen molar-refractivity contribution in [3.8, 4) is 11.5 Å². The second-order valence-electron chi connectivity index (χ2n) is 5.21. The minimum Gasteiger partial charge on any atom is -0.497 e. The molecule has 0 fully saturated rings. The van der Waals surface area contributed by atoms with E-state index in [0.29, 0.717) is 31.7 Å². The molecule has 3 N–H and O–H groups in total. The monoisotopic (exact) mass is 297 g/mol. The zero-order chi connectivity index (χ0) is 15.7. The van der Waals surface area contributed by atoms with Gasteiger partial charge in [-0.1, -0.05) is 19.9 Å². The van der Waals surface area contributed by atoms with E-state index < -0.39 is 11.7 Å². The van der Waals surface area contributed by atoms with Crippen LogP contribution in [0, 0.1) is 0 Å². The molecule has 0 saturated carbocycles. The number of methoxy groups -OCH3 is 1. The van der Waals surface area contributed by atoms with Crippen LogP contribution in [0.15, 0.2) is 24.3 Å². The van der Waals surface area contributed by atoms with E-state index in [2.05, 4.69) is 5.32 Å². The van der Waals surface area contributed by atoms with E-state index in [4.69, 9.17) is 9.47 Å². The molecule has 0 aliphatic heterocycles. The molecule has 5 nitrogen and oxygen atoms in total. The van der Waals surface area contributed by atoms with Crippen LogP contribution in [0.1, 0.15) is 26.7 Å². The van der Waals surface area contributed by atoms with Gasteiger partial charge in [-0.2, -0.15) is 0 Å². The van der Waals surface area contributed by atoms with Crippen molar-refractivity contribution in [3.05, 3.63) is 24.3 Å². The molecular formula is C16H27NO4. The van der Waals surface area contributed by atoms with Crippen LogP contribution in [-0.2, 0) is 0 Å². The normalized spacial score (nSPS) is 13.0. The molecule has 0 saturated heterocycles. The molecule has 0 heterocycles. The van der Waals surface area contributed by atoms with E-state index >= 15 is 0 Å². The van der Waals surface area contributed by atoms with Crippen LogP contribution in [-0.4, -0.2) is 48.7 Å². The highest BCUT2D eigenvalue weighted by Crippen LogP contribution is 2.18. The van der Waals surface area contributed by atoms with Crippen molar-refractivity contribution in [2.45, 2.75) is 38.4 Å². The number of aliphatic hydroxyl groups is 2. The third kappa shape index (κ3) is 6.33. The third-order valence-corrected chi connectivity index (χ3v) is 3.63. The first-order valence-electron chi connectivity index (χ1n) is 7.41. The molecule has 1 atom stereocenters. The highest BCUT2D eigenvalue weighted by molar-refractivity contribution is 5.32. The summed E-state index contributed by atoms with van der Waals surface area (Å²) < 4.78 is 10.6. The lowest BCUT2D eigenvalue weighted by Crippen LogP contribution is -2.43. The maximum Gasteiger partial charge on any atom is 0.123 e. The fourth-order valence-electron chi connectivity index (χ4n) is 1.91. The molecule has 0 spiro atoms. The van der Waals surface area contributed by atoms with Gasteiger partial charge in [0.05, 0.1) is 12.7 Å². The van der Waals surface area contributed by atoms with Crippen molar-refractivity contribution in [2.75, 3.05) is 26.8 Å². The molecule has 1 aromatic rings. The Hall–Kier alpha value is -1.30. The summed E-state index contributed by atoms with van der Waals surface area (Å²) in [6.45, 7) is 4.94. The molecule has 0 aliphatic carbocycles. The van der Waals surface area contributed by atoms with Crippen molar-refractivity contribution in [3.63, 3.8) is 0 Å². The summed E-state index contributed by atoms with van der Waals surface area (Å²) in [6.07, 6.45) is 0.744. The number of hydrogen-bond acceptors (Lipinski definition) is 5. The molecule has 1 aromatic carbocycles. The predicted molar refractivity (Wildman–Crippen MR) is 82.9 cm³/mol. The Labute approximate surface area is 126 Å². The third-order valence-electron chi connectivity index (χ3n) is 3.63. The van der Waals surface area contributed by atoms with Crippen LogP contribution in [0.4, 0.5) is 0 Å². The standard InChI is InChI=1S/C16H27NO4/c1-4-16(19,5-2)12-17-10-13(18)11-21-15-8-6-7-14(9-15)20-3/h6-9,13,17-19H,4-5,10-12H2,1-3H3. The molecule has 0 radical (unpaired) electrons. The Bertz CT molecular complexity index is 407. The van der Waals surface area contributed by atoms with Gasteiger partial charge in [0.1, 0.15) is 24.2 Å². The SMILES string of the molecule is CCC(O)(CC)CNCC(O)COc1cccc(OC)c1. The summed E-state index contributed by atoms with van der Waals surface area (Å²) in [5.41, 5.74) is -0.701. The summed E-state index contributed by atoms with van der Waals surface area (Å²) in [5, 5.41) is 23.1. The second-order valence-corrected chi connectivity index (χ2v) is 5.21. The lowest BCUT2D eigenvalue weighted by molar-refractivity contribution is 0.0270. The van der Waals surface area contributed by atoms with Gasteiger partial charge in [-0.3, -0.25) is 0 Å². The molecule has 0 bridgehead atoms. The molecule has 0 amide bonds. The maximum absolute atomic E-state index is 10.1. The van der Waals surface area contributed by atoms with Gasteiger partial charge in [-0.15, -0.1) is 0 Å². The predicted octanol–water partition coefficient (Wildman–Crippen LogP) is 1.58. The van der Waals surface area contributed by atoms with Crippen molar-refractivity contribution >= 4 is 0 Å². The summed E-state index contributed by atoms with van der Waals surface area (Å²) in [5.74, 6) is 1.38. The lowest BCUT2D eigenvalue weighted by atomic mass is 9.97. The summed E-state index contributed by atoms with van der Waals surface area (Å²) in [6, 6.07) is 7.26. The van der Waals surface area contributed by atoms with Crippen LogP contribution < -0.4 is 14.8 Å². The average Bonchev–Trinajstić information content (AvgIpc) is 2.53. The van der Waals surface area contributed by atoms with Crippen molar-refractivity contribution in [2.24, 2.45) is 0 Å². The van der Waals surface area contributed by atoms with E-state index in [1.54, 1.807) is 13.2 Å². The van der Waals surface area contributed by atoms with E-state index in [-0.39, 0.29) is 6.61 Å². The van der Waals surface area contributed by atoms with Crippen LogP contribution >= 0.6 is 0 Å². The Morgan fingerprint density at radius 3 is 2.52 bits per heavy atom. The van der Waals surface area contributed by atoms with Gasteiger partial charge in [0.25, 0.3) is 0 Å². The molecule has 1 rings (SSSR count). The molecule has 120 valence electrons. The number of hydrogen-bond donors (Lipinski definition) is 3. The van der Waals surface area contributed by atoms with Gasteiger partial charge in [-0.05, 0) is 25.0 Å². The quantitative estimate of drug-likeness (QED) is 0.611. The summed E-state index contributed by atoms with van der Waals surface area (Å²) >= 11 is 0. The zero-order valence-electron chi connectivity index (χ0n) is 13.1. The van der Waals surface area contributed by atoms with E-state index in [1.807, 2.05) is 32.0 Å². The van der Waals surface area contributed by atoms with Gasteiger partial charge in [0, 0.05) is 19.2 Å². The molecular weight excluding hydrogens is 270 g/mol. The molecule has 21 heavy (non-hydrogen) atoms. The Balaban J connectivity index is 2.29. The topological polar surface area (TPSA) is 71.0 Å². The van der Waals surface area contributed by atoms with Gasteiger partial charge in [0.15, 0.2) is 0 Å². The van der Waals surface area contributed by atoms with Crippen LogP contribution in [0.25, 0.3) is 0 Å². The largest absolute Gasteiger partial charge is 0.497 e. The molecule has 0 aliphatic rings. The highest BCUT2D eigenvalue weighted by Gasteiger charge is 2.21. The number of nitrogens with one attached hydrogen (secondary N) is 1. The average molecular weight is 297 g/mol. The maximum atomic E-state index is 10.1. The minimum absolute atomic E-state index is 0.191. The van der Waals surface area contributed by atoms with Gasteiger partial charge < -0.3 is 25.0 Å². The van der Waals surface area contributed by atoms with Crippen molar-refractivity contribution < 1.29 is 19.7 Å². The van der Waals surface area contributed by atoms with Gasteiger partial charge in [-0.25, -0.2) is 0 Å². The number of benzene rings is 1. The summed E-state index contributed by atoms with van der Waals surface area (Å²) in [4.78, 5) is 0. The Kier molecular flexibility index (Phi) is 7.50. The summed E-state index contributed by atoms with van der Waals surface area (Å²) in [7, 11) is 1.60. The first kappa shape index (κ1) is 17.8. The van der Waals surface area contributed by atoms with E-state index in [1.165, 1.54) is 0 Å². The van der Waals surface area contributed by atoms with Crippen LogP contribution in [0.2, 0.25) is 0 Å². The lowest BCUT2D eigenvalue weighted by Gasteiger charge is -2.26. The Morgan fingerprint density at radius 1 is 1.24 bits per heavy atom. The molecule has 1 unspecified atom stereocenters. The van der Waals surface area contributed by atoms with Gasteiger partial charge in [0.2, 0.25) is 0 Å². The smallest absolute Gasteiger partial charge is 0.123 e. The first-order chi connectivity index (χ1) is 10.0. The number of rotatable bonds is 10. The number of aliphatic hydroxyl groups excluding tert-OH is 1.